The minimum atomic E-state index is -6.00. The molecule has 0 atom stereocenters. The van der Waals surface area contributed by atoms with Crippen LogP contribution in [0.3, 0.4) is 0 Å². The Morgan fingerprint density at radius 2 is 1.94 bits per heavy atom. The van der Waals surface area contributed by atoms with E-state index in [-0.39, 0.29) is 0 Å². The molecular weight excluding hydrogens is 223 g/mol. The minimum absolute atomic E-state index is 0.900. The van der Waals surface area contributed by atoms with Gasteiger partial charge in [-0.3, -0.25) is 0 Å². The fraction of sp³-hybridized carbons (Fsp3) is 0.444. The first-order valence-corrected chi connectivity index (χ1v) is 4.90. The first-order chi connectivity index (χ1) is 7.36. The Morgan fingerprint density at radius 3 is 2.38 bits per heavy atom. The van der Waals surface area contributed by atoms with E-state index >= 15 is 0 Å². The van der Waals surface area contributed by atoms with Crippen molar-refractivity contribution in [3.8, 4) is 0 Å². The average Bonchev–Trinajstić information content (AvgIpc) is 2.51. The molecule has 0 amide bonds. The van der Waals surface area contributed by atoms with Crippen molar-refractivity contribution >= 4 is 7.25 Å². The highest BCUT2D eigenvalue weighted by atomic mass is 19.5. The number of imidazole rings is 1. The zero-order valence-electron chi connectivity index (χ0n) is 9.12. The van der Waals surface area contributed by atoms with Gasteiger partial charge >= 0.3 is 7.25 Å². The molecule has 92 valence electrons. The molecule has 16 heavy (non-hydrogen) atoms. The summed E-state index contributed by atoms with van der Waals surface area (Å²) < 4.78 is 43.3. The number of hydrogen-bond donors (Lipinski definition) is 0. The van der Waals surface area contributed by atoms with Crippen LogP contribution in [-0.2, 0) is 13.1 Å². The fourth-order valence-electron chi connectivity index (χ4n) is 1.09. The second-order valence-electron chi connectivity index (χ2n) is 3.13. The molecule has 0 unspecified atom stereocenters. The van der Waals surface area contributed by atoms with Crippen LogP contribution < -0.4 is 4.57 Å². The summed E-state index contributed by atoms with van der Waals surface area (Å²) in [6.07, 6.45) is 9.34. The summed E-state index contributed by atoms with van der Waals surface area (Å²) in [7, 11) is -6.00. The van der Waals surface area contributed by atoms with Gasteiger partial charge in [0.05, 0.1) is 6.54 Å². The average molecular weight is 238 g/mol. The van der Waals surface area contributed by atoms with Crippen molar-refractivity contribution < 1.29 is 21.8 Å². The molecule has 0 aliphatic rings. The molecule has 7 heteroatoms. The number of aryl methyl sites for hydroxylation is 1. The first kappa shape index (κ1) is 14.7. The fourth-order valence-corrected chi connectivity index (χ4v) is 1.09. The maximum Gasteiger partial charge on any atom is 0.673 e. The van der Waals surface area contributed by atoms with Crippen LogP contribution in [0.2, 0.25) is 0 Å². The quantitative estimate of drug-likeness (QED) is 0.330. The summed E-state index contributed by atoms with van der Waals surface area (Å²) in [6, 6.07) is 0. The van der Waals surface area contributed by atoms with Gasteiger partial charge in [-0.2, -0.15) is 0 Å². The van der Waals surface area contributed by atoms with E-state index in [1.165, 1.54) is 6.42 Å². The van der Waals surface area contributed by atoms with E-state index in [9.17, 15) is 17.3 Å². The molecular formula is C9H15BF4N2. The lowest BCUT2D eigenvalue weighted by Gasteiger charge is -1.94. The Labute approximate surface area is 92.3 Å². The van der Waals surface area contributed by atoms with Crippen LogP contribution in [0, 0.1) is 0 Å². The van der Waals surface area contributed by atoms with Crippen LogP contribution in [0.1, 0.15) is 13.3 Å². The van der Waals surface area contributed by atoms with E-state index in [1.807, 2.05) is 6.08 Å². The number of hydrogen-bond acceptors (Lipinski definition) is 0. The summed E-state index contributed by atoms with van der Waals surface area (Å²) in [6.45, 7) is 7.86. The topological polar surface area (TPSA) is 8.81 Å². The van der Waals surface area contributed by atoms with E-state index < -0.39 is 7.25 Å². The standard InChI is InChI=1S/C9H15N2.BF4/c1-3-5-10-7-8-11(9-10)6-4-2;2-1(3,4)5/h3,7-9H,1,4-6H2,2H3;/q+1;-1. The third kappa shape index (κ3) is 9.30. The van der Waals surface area contributed by atoms with Gasteiger partial charge in [-0.1, -0.05) is 19.6 Å². The molecule has 0 fully saturated rings. The van der Waals surface area contributed by atoms with Gasteiger partial charge in [0.15, 0.2) is 0 Å². The SMILES string of the molecule is C=CC[n+]1ccn(CCC)c1.F[B-](F)(F)F. The highest BCUT2D eigenvalue weighted by Crippen LogP contribution is 2.06. The molecule has 0 N–H and O–H groups in total. The van der Waals surface area contributed by atoms with E-state index in [0.717, 1.165) is 13.1 Å². The molecule has 1 rings (SSSR count). The Kier molecular flexibility index (Phi) is 6.52. The van der Waals surface area contributed by atoms with Gasteiger partial charge in [0, 0.05) is 0 Å². The third-order valence-corrected chi connectivity index (χ3v) is 1.57. The minimum Gasteiger partial charge on any atom is -0.418 e. The normalized spacial score (nSPS) is 10.6. The predicted molar refractivity (Wildman–Crippen MR) is 55.3 cm³/mol. The molecule has 0 radical (unpaired) electrons. The maximum absolute atomic E-state index is 9.75. The molecule has 0 spiro atoms. The van der Waals surface area contributed by atoms with E-state index in [2.05, 4.69) is 41.4 Å². The lowest BCUT2D eigenvalue weighted by Crippen LogP contribution is -2.29. The van der Waals surface area contributed by atoms with Gasteiger partial charge < -0.3 is 17.3 Å². The number of nitrogens with zero attached hydrogens (tertiary/aromatic N) is 2. The van der Waals surface area contributed by atoms with Crippen molar-refractivity contribution in [1.29, 1.82) is 0 Å². The Hall–Kier alpha value is -1.27. The zero-order chi connectivity index (χ0) is 12.6. The molecule has 0 aromatic carbocycles. The van der Waals surface area contributed by atoms with Crippen LogP contribution in [0.4, 0.5) is 17.3 Å². The molecule has 1 aromatic heterocycles. The van der Waals surface area contributed by atoms with Crippen molar-refractivity contribution in [1.82, 2.24) is 4.57 Å². The van der Waals surface area contributed by atoms with Crippen LogP contribution in [-0.4, -0.2) is 11.8 Å². The summed E-state index contributed by atoms with van der Waals surface area (Å²) in [5, 5.41) is 0. The van der Waals surface area contributed by atoms with Gasteiger partial charge in [0.25, 0.3) is 0 Å². The van der Waals surface area contributed by atoms with Crippen molar-refractivity contribution in [3.05, 3.63) is 31.4 Å². The number of aromatic nitrogens is 2. The van der Waals surface area contributed by atoms with Gasteiger partial charge in [-0.25, -0.2) is 9.13 Å². The monoisotopic (exact) mass is 238 g/mol. The van der Waals surface area contributed by atoms with E-state index in [0.29, 0.717) is 0 Å². The Bertz CT molecular complexity index is 303. The molecule has 2 nitrogen and oxygen atoms in total. The van der Waals surface area contributed by atoms with Crippen molar-refractivity contribution in [2.75, 3.05) is 0 Å². The molecule has 1 aromatic rings. The van der Waals surface area contributed by atoms with Crippen molar-refractivity contribution in [3.63, 3.8) is 0 Å². The zero-order valence-corrected chi connectivity index (χ0v) is 9.12. The summed E-state index contributed by atoms with van der Waals surface area (Å²) in [4.78, 5) is 0. The van der Waals surface area contributed by atoms with E-state index in [4.69, 9.17) is 0 Å². The van der Waals surface area contributed by atoms with Crippen LogP contribution >= 0.6 is 0 Å². The Morgan fingerprint density at radius 1 is 1.38 bits per heavy atom. The van der Waals surface area contributed by atoms with Crippen molar-refractivity contribution in [2.45, 2.75) is 26.4 Å². The van der Waals surface area contributed by atoms with Gasteiger partial charge in [-0.15, -0.1) is 0 Å². The molecule has 0 aliphatic carbocycles. The second-order valence-corrected chi connectivity index (χ2v) is 3.13. The van der Waals surface area contributed by atoms with E-state index in [1.54, 1.807) is 0 Å². The molecule has 1 heterocycles. The second kappa shape index (κ2) is 7.08. The molecule has 0 saturated carbocycles. The van der Waals surface area contributed by atoms with Crippen LogP contribution in [0.5, 0.6) is 0 Å². The van der Waals surface area contributed by atoms with Gasteiger partial charge in [0.2, 0.25) is 6.33 Å². The predicted octanol–water partition coefficient (Wildman–Crippen LogP) is 2.67. The van der Waals surface area contributed by atoms with Crippen molar-refractivity contribution in [2.24, 2.45) is 0 Å². The molecule has 0 saturated heterocycles. The summed E-state index contributed by atoms with van der Waals surface area (Å²) in [5.74, 6) is 0. The van der Waals surface area contributed by atoms with Crippen LogP contribution in [0.15, 0.2) is 31.4 Å². The van der Waals surface area contributed by atoms with Crippen LogP contribution in [0.25, 0.3) is 0 Å². The summed E-state index contributed by atoms with van der Waals surface area (Å²) in [5.41, 5.74) is 0. The third-order valence-electron chi connectivity index (χ3n) is 1.57. The number of allylic oxidation sites excluding steroid dienone is 1. The first-order valence-electron chi connectivity index (χ1n) is 4.90. The lowest BCUT2D eigenvalue weighted by atomic mass is 10.3. The number of rotatable bonds is 4. The molecule has 0 bridgehead atoms. The highest BCUT2D eigenvalue weighted by molar-refractivity contribution is 6.50. The summed E-state index contributed by atoms with van der Waals surface area (Å²) >= 11 is 0. The maximum atomic E-state index is 9.75. The van der Waals surface area contributed by atoms with Gasteiger partial charge in [0.1, 0.15) is 18.9 Å². The highest BCUT2D eigenvalue weighted by Gasteiger charge is 2.20. The largest absolute Gasteiger partial charge is 0.673 e. The smallest absolute Gasteiger partial charge is 0.418 e. The molecule has 0 aliphatic heterocycles. The van der Waals surface area contributed by atoms with Gasteiger partial charge in [-0.05, 0) is 6.42 Å². The Balaban J connectivity index is 0.000000385. The number of halogens is 4. The lowest BCUT2D eigenvalue weighted by molar-refractivity contribution is -0.686.